The predicted octanol–water partition coefficient (Wildman–Crippen LogP) is 5.44. The van der Waals surface area contributed by atoms with Crippen molar-refractivity contribution in [3.63, 3.8) is 0 Å². The summed E-state index contributed by atoms with van der Waals surface area (Å²) in [7, 11) is 0. The van der Waals surface area contributed by atoms with Gasteiger partial charge in [-0.15, -0.1) is 0 Å². The van der Waals surface area contributed by atoms with Gasteiger partial charge in [-0.2, -0.15) is 5.26 Å². The number of benzene rings is 2. The van der Waals surface area contributed by atoms with Crippen LogP contribution < -0.4 is 5.32 Å². The highest BCUT2D eigenvalue weighted by Crippen LogP contribution is 2.28. The molecule has 2 nitrogen and oxygen atoms in total. The molecule has 0 fully saturated rings. The molecule has 0 aliphatic heterocycles. The summed E-state index contributed by atoms with van der Waals surface area (Å²) in [5.41, 5.74) is 4.89. The SMILES string of the molecule is Cc1cc(Nc2cc(Br)cc(C#N)c2)cc(C)c1Br. The Bertz CT molecular complexity index is 649. The molecule has 4 heteroatoms. The highest BCUT2D eigenvalue weighted by Gasteiger charge is 2.04. The maximum Gasteiger partial charge on any atom is 0.0992 e. The van der Waals surface area contributed by atoms with Crippen LogP contribution in [-0.2, 0) is 0 Å². The molecule has 1 N–H and O–H groups in total. The fourth-order valence-electron chi connectivity index (χ4n) is 1.91. The average Bonchev–Trinajstić information content (AvgIpc) is 2.35. The third kappa shape index (κ3) is 3.37. The van der Waals surface area contributed by atoms with Gasteiger partial charge in [0.2, 0.25) is 0 Å². The van der Waals surface area contributed by atoms with Gasteiger partial charge in [0.15, 0.2) is 0 Å². The minimum Gasteiger partial charge on any atom is -0.355 e. The van der Waals surface area contributed by atoms with E-state index in [0.29, 0.717) is 5.56 Å². The van der Waals surface area contributed by atoms with Gasteiger partial charge in [0.1, 0.15) is 0 Å². The number of aryl methyl sites for hydroxylation is 2. The summed E-state index contributed by atoms with van der Waals surface area (Å²) < 4.78 is 2.02. The predicted molar refractivity (Wildman–Crippen MR) is 85.8 cm³/mol. The average molecular weight is 380 g/mol. The van der Waals surface area contributed by atoms with Crippen LogP contribution >= 0.6 is 31.9 Å². The summed E-state index contributed by atoms with van der Waals surface area (Å²) in [6, 6.07) is 11.9. The summed E-state index contributed by atoms with van der Waals surface area (Å²) >= 11 is 6.96. The van der Waals surface area contributed by atoms with Gasteiger partial charge in [-0.05, 0) is 55.3 Å². The van der Waals surface area contributed by atoms with Gasteiger partial charge in [0.05, 0.1) is 11.6 Å². The molecule has 0 unspecified atom stereocenters. The summed E-state index contributed by atoms with van der Waals surface area (Å²) in [5.74, 6) is 0. The standard InChI is InChI=1S/C15H12Br2N2/c1-9-3-13(4-10(2)15(9)17)19-14-6-11(8-18)5-12(16)7-14/h3-7,19H,1-2H3. The lowest BCUT2D eigenvalue weighted by Crippen LogP contribution is -1.94. The second kappa shape index (κ2) is 5.77. The molecule has 19 heavy (non-hydrogen) atoms. The van der Waals surface area contributed by atoms with Crippen molar-refractivity contribution < 1.29 is 0 Å². The first-order chi connectivity index (χ1) is 8.99. The van der Waals surface area contributed by atoms with E-state index >= 15 is 0 Å². The first kappa shape index (κ1) is 14.1. The summed E-state index contributed by atoms with van der Waals surface area (Å²) in [6.45, 7) is 4.12. The zero-order valence-electron chi connectivity index (χ0n) is 10.6. The van der Waals surface area contributed by atoms with Gasteiger partial charge in [-0.1, -0.05) is 31.9 Å². The van der Waals surface area contributed by atoms with Gasteiger partial charge in [-0.3, -0.25) is 0 Å². The van der Waals surface area contributed by atoms with Crippen LogP contribution in [0.1, 0.15) is 16.7 Å². The second-order valence-corrected chi connectivity index (χ2v) is 6.10. The van der Waals surface area contributed by atoms with Gasteiger partial charge in [0.25, 0.3) is 0 Å². The maximum absolute atomic E-state index is 8.97. The van der Waals surface area contributed by atoms with Crippen molar-refractivity contribution in [2.45, 2.75) is 13.8 Å². The van der Waals surface area contributed by atoms with Crippen molar-refractivity contribution in [1.82, 2.24) is 0 Å². The molecule has 0 bridgehead atoms. The van der Waals surface area contributed by atoms with Crippen molar-refractivity contribution in [3.05, 3.63) is 56.0 Å². The maximum atomic E-state index is 8.97. The number of rotatable bonds is 2. The highest BCUT2D eigenvalue weighted by molar-refractivity contribution is 9.10. The molecule has 2 rings (SSSR count). The summed E-state index contributed by atoms with van der Waals surface area (Å²) in [4.78, 5) is 0. The fourth-order valence-corrected chi connectivity index (χ4v) is 2.63. The van der Waals surface area contributed by atoms with E-state index in [1.165, 1.54) is 11.1 Å². The molecule has 0 amide bonds. The quantitative estimate of drug-likeness (QED) is 0.753. The molecule has 0 aromatic heterocycles. The number of nitrogens with one attached hydrogen (secondary N) is 1. The molecule has 96 valence electrons. The molecule has 0 aliphatic carbocycles. The Hall–Kier alpha value is -1.31. The Balaban J connectivity index is 2.36. The minimum atomic E-state index is 0.627. The Kier molecular flexibility index (Phi) is 4.28. The van der Waals surface area contributed by atoms with Crippen LogP contribution in [0, 0.1) is 25.2 Å². The van der Waals surface area contributed by atoms with Crippen LogP contribution in [0.3, 0.4) is 0 Å². The topological polar surface area (TPSA) is 35.8 Å². The van der Waals surface area contributed by atoms with Crippen LogP contribution in [-0.4, -0.2) is 0 Å². The lowest BCUT2D eigenvalue weighted by molar-refractivity contribution is 1.33. The molecular formula is C15H12Br2N2. The number of halogens is 2. The van der Waals surface area contributed by atoms with Gasteiger partial charge >= 0.3 is 0 Å². The first-order valence-electron chi connectivity index (χ1n) is 5.74. The normalized spacial score (nSPS) is 10.1. The van der Waals surface area contributed by atoms with E-state index in [1.807, 2.05) is 12.1 Å². The molecule has 0 radical (unpaired) electrons. The molecule has 0 heterocycles. The number of nitriles is 1. The number of hydrogen-bond donors (Lipinski definition) is 1. The van der Waals surface area contributed by atoms with Crippen LogP contribution in [0.25, 0.3) is 0 Å². The third-order valence-electron chi connectivity index (χ3n) is 2.75. The lowest BCUT2D eigenvalue weighted by Gasteiger charge is -2.11. The van der Waals surface area contributed by atoms with E-state index in [0.717, 1.165) is 20.3 Å². The van der Waals surface area contributed by atoms with Crippen LogP contribution in [0.15, 0.2) is 39.3 Å². The minimum absolute atomic E-state index is 0.627. The monoisotopic (exact) mass is 378 g/mol. The van der Waals surface area contributed by atoms with Crippen LogP contribution in [0.5, 0.6) is 0 Å². The van der Waals surface area contributed by atoms with Gasteiger partial charge in [0, 0.05) is 20.3 Å². The van der Waals surface area contributed by atoms with Gasteiger partial charge in [-0.25, -0.2) is 0 Å². The molecule has 0 aliphatic rings. The van der Waals surface area contributed by atoms with E-state index in [2.05, 4.69) is 69.2 Å². The summed E-state index contributed by atoms with van der Waals surface area (Å²) in [6.07, 6.45) is 0. The number of nitrogens with zero attached hydrogens (tertiary/aromatic N) is 1. The Morgan fingerprint density at radius 3 is 2.11 bits per heavy atom. The molecular weight excluding hydrogens is 368 g/mol. The Labute approximate surface area is 129 Å². The van der Waals surface area contributed by atoms with Crippen molar-refractivity contribution in [2.24, 2.45) is 0 Å². The molecule has 2 aromatic rings. The first-order valence-corrected chi connectivity index (χ1v) is 7.32. The van der Waals surface area contributed by atoms with E-state index in [1.54, 1.807) is 6.07 Å². The molecule has 0 saturated heterocycles. The van der Waals surface area contributed by atoms with E-state index < -0.39 is 0 Å². The molecule has 0 atom stereocenters. The molecule has 2 aromatic carbocycles. The second-order valence-electron chi connectivity index (χ2n) is 4.39. The lowest BCUT2D eigenvalue weighted by atomic mass is 10.1. The molecule has 0 spiro atoms. The van der Waals surface area contributed by atoms with Crippen LogP contribution in [0.2, 0.25) is 0 Å². The van der Waals surface area contributed by atoms with Crippen molar-refractivity contribution in [1.29, 1.82) is 5.26 Å². The number of hydrogen-bond acceptors (Lipinski definition) is 2. The van der Waals surface area contributed by atoms with E-state index in [9.17, 15) is 0 Å². The van der Waals surface area contributed by atoms with Crippen molar-refractivity contribution in [3.8, 4) is 6.07 Å². The van der Waals surface area contributed by atoms with E-state index in [4.69, 9.17) is 5.26 Å². The summed E-state index contributed by atoms with van der Waals surface area (Å²) in [5, 5.41) is 12.3. The Morgan fingerprint density at radius 1 is 0.947 bits per heavy atom. The zero-order chi connectivity index (χ0) is 14.0. The van der Waals surface area contributed by atoms with Crippen molar-refractivity contribution >= 4 is 43.2 Å². The van der Waals surface area contributed by atoms with Crippen LogP contribution in [0.4, 0.5) is 11.4 Å². The largest absolute Gasteiger partial charge is 0.355 e. The van der Waals surface area contributed by atoms with E-state index in [-0.39, 0.29) is 0 Å². The zero-order valence-corrected chi connectivity index (χ0v) is 13.8. The highest BCUT2D eigenvalue weighted by atomic mass is 79.9. The third-order valence-corrected chi connectivity index (χ3v) is 4.46. The van der Waals surface area contributed by atoms with Gasteiger partial charge < -0.3 is 5.32 Å². The smallest absolute Gasteiger partial charge is 0.0992 e. The fraction of sp³-hybridized carbons (Fsp3) is 0.133. The Morgan fingerprint density at radius 2 is 1.53 bits per heavy atom. The van der Waals surface area contributed by atoms with Crippen molar-refractivity contribution in [2.75, 3.05) is 5.32 Å². The molecule has 0 saturated carbocycles. The number of anilines is 2.